The lowest BCUT2D eigenvalue weighted by Gasteiger charge is -2.33. The third-order valence-corrected chi connectivity index (χ3v) is 5.15. The summed E-state index contributed by atoms with van der Waals surface area (Å²) >= 11 is 3.37. The van der Waals surface area contributed by atoms with Crippen LogP contribution in [0.4, 0.5) is 0 Å². The van der Waals surface area contributed by atoms with Gasteiger partial charge in [0, 0.05) is 49.0 Å². The van der Waals surface area contributed by atoms with E-state index in [4.69, 9.17) is 10.1 Å². The molecule has 0 aliphatic carbocycles. The van der Waals surface area contributed by atoms with E-state index in [1.54, 1.807) is 22.7 Å². The van der Waals surface area contributed by atoms with Crippen LogP contribution in [-0.2, 0) is 11.3 Å². The number of carboxylic acid groups (broad SMARTS) is 1. The van der Waals surface area contributed by atoms with Gasteiger partial charge in [-0.15, -0.1) is 11.3 Å². The lowest BCUT2D eigenvalue weighted by atomic mass is 10.3. The van der Waals surface area contributed by atoms with Gasteiger partial charge in [-0.1, -0.05) is 0 Å². The fraction of sp³-hybridized carbons (Fsp3) is 0.429. The second kappa shape index (κ2) is 6.65. The molecule has 1 aliphatic heterocycles. The van der Waals surface area contributed by atoms with E-state index in [0.717, 1.165) is 43.4 Å². The monoisotopic (exact) mass is 323 g/mol. The molecule has 0 unspecified atom stereocenters. The van der Waals surface area contributed by atoms with Gasteiger partial charge in [0.25, 0.3) is 0 Å². The zero-order valence-electron chi connectivity index (χ0n) is 11.6. The first kappa shape index (κ1) is 14.6. The Morgan fingerprint density at radius 2 is 2.00 bits per heavy atom. The highest BCUT2D eigenvalue weighted by Crippen LogP contribution is 2.26. The van der Waals surface area contributed by atoms with Crippen molar-refractivity contribution < 1.29 is 9.90 Å². The number of nitrogens with zero attached hydrogens (tertiary/aromatic N) is 3. The lowest BCUT2D eigenvalue weighted by molar-refractivity contribution is -0.138. The van der Waals surface area contributed by atoms with Crippen molar-refractivity contribution >= 4 is 28.6 Å². The fourth-order valence-electron chi connectivity index (χ4n) is 2.42. The van der Waals surface area contributed by atoms with Crippen LogP contribution < -0.4 is 0 Å². The summed E-state index contributed by atoms with van der Waals surface area (Å²) in [6.45, 7) is 4.42. The van der Waals surface area contributed by atoms with Crippen LogP contribution in [0.15, 0.2) is 22.2 Å². The molecular weight excluding hydrogens is 306 g/mol. The van der Waals surface area contributed by atoms with Crippen molar-refractivity contribution in [2.24, 2.45) is 0 Å². The van der Waals surface area contributed by atoms with Gasteiger partial charge in [0.05, 0.1) is 12.2 Å². The molecule has 1 fully saturated rings. The standard InChI is InChI=1S/C14H17N3O2S2/c18-13(19)8-17-4-2-16(3-5-17)7-12-10-21-14(15-12)11-1-6-20-9-11/h1,6,9-10H,2-5,7-8H2,(H,18,19). The first-order valence-corrected chi connectivity index (χ1v) is 8.66. The molecule has 112 valence electrons. The summed E-state index contributed by atoms with van der Waals surface area (Å²) < 4.78 is 0. The Kier molecular flexibility index (Phi) is 4.64. The fourth-order valence-corrected chi connectivity index (χ4v) is 3.95. The number of thiazole rings is 1. The van der Waals surface area contributed by atoms with Crippen LogP contribution in [-0.4, -0.2) is 58.6 Å². The van der Waals surface area contributed by atoms with Gasteiger partial charge >= 0.3 is 5.97 Å². The second-order valence-electron chi connectivity index (χ2n) is 5.10. The number of thiophene rings is 1. The Hall–Kier alpha value is -1.28. The van der Waals surface area contributed by atoms with Gasteiger partial charge in [-0.25, -0.2) is 4.98 Å². The van der Waals surface area contributed by atoms with E-state index in [-0.39, 0.29) is 6.54 Å². The number of piperazine rings is 1. The molecule has 1 saturated heterocycles. The van der Waals surface area contributed by atoms with Crippen molar-refractivity contribution in [2.45, 2.75) is 6.54 Å². The van der Waals surface area contributed by atoms with Gasteiger partial charge in [-0.3, -0.25) is 14.6 Å². The van der Waals surface area contributed by atoms with E-state index >= 15 is 0 Å². The maximum Gasteiger partial charge on any atom is 0.317 e. The number of rotatable bonds is 5. The Morgan fingerprint density at radius 3 is 2.67 bits per heavy atom. The summed E-state index contributed by atoms with van der Waals surface area (Å²) in [5.41, 5.74) is 2.30. The molecule has 0 saturated carbocycles. The summed E-state index contributed by atoms with van der Waals surface area (Å²) in [5, 5.41) is 16.2. The molecule has 0 bridgehead atoms. The summed E-state index contributed by atoms with van der Waals surface area (Å²) in [6.07, 6.45) is 0. The van der Waals surface area contributed by atoms with Crippen LogP contribution >= 0.6 is 22.7 Å². The van der Waals surface area contributed by atoms with E-state index in [1.165, 1.54) is 5.56 Å². The van der Waals surface area contributed by atoms with E-state index < -0.39 is 5.97 Å². The number of aromatic nitrogens is 1. The molecule has 7 heteroatoms. The van der Waals surface area contributed by atoms with Crippen LogP contribution in [0.3, 0.4) is 0 Å². The molecule has 0 radical (unpaired) electrons. The number of carboxylic acids is 1. The molecular formula is C14H17N3O2S2. The van der Waals surface area contributed by atoms with E-state index in [0.29, 0.717) is 0 Å². The third-order valence-electron chi connectivity index (χ3n) is 3.53. The van der Waals surface area contributed by atoms with Crippen molar-refractivity contribution in [3.8, 4) is 10.6 Å². The topological polar surface area (TPSA) is 56.7 Å². The Labute approximate surface area is 131 Å². The quantitative estimate of drug-likeness (QED) is 0.913. The van der Waals surface area contributed by atoms with Crippen molar-refractivity contribution in [3.63, 3.8) is 0 Å². The second-order valence-corrected chi connectivity index (χ2v) is 6.74. The molecule has 0 atom stereocenters. The molecule has 0 aromatic carbocycles. The van der Waals surface area contributed by atoms with Crippen LogP contribution in [0, 0.1) is 0 Å². The predicted molar refractivity (Wildman–Crippen MR) is 84.8 cm³/mol. The molecule has 21 heavy (non-hydrogen) atoms. The largest absolute Gasteiger partial charge is 0.480 e. The molecule has 1 N–H and O–H groups in total. The molecule has 2 aromatic rings. The highest BCUT2D eigenvalue weighted by atomic mass is 32.1. The highest BCUT2D eigenvalue weighted by Gasteiger charge is 2.19. The summed E-state index contributed by atoms with van der Waals surface area (Å²) in [7, 11) is 0. The average molecular weight is 323 g/mol. The molecule has 5 nitrogen and oxygen atoms in total. The Morgan fingerprint density at radius 1 is 1.24 bits per heavy atom. The predicted octanol–water partition coefficient (Wildman–Crippen LogP) is 2.07. The maximum absolute atomic E-state index is 10.7. The molecule has 0 amide bonds. The van der Waals surface area contributed by atoms with Gasteiger partial charge in [-0.2, -0.15) is 11.3 Å². The SMILES string of the molecule is O=C(O)CN1CCN(Cc2csc(-c3ccsc3)n2)CC1. The molecule has 3 rings (SSSR count). The number of carbonyl (C=O) groups is 1. The van der Waals surface area contributed by atoms with Crippen molar-refractivity contribution in [3.05, 3.63) is 27.9 Å². The minimum absolute atomic E-state index is 0.146. The van der Waals surface area contributed by atoms with E-state index in [2.05, 4.69) is 27.1 Å². The van der Waals surface area contributed by atoms with E-state index in [1.807, 2.05) is 4.90 Å². The van der Waals surface area contributed by atoms with Gasteiger partial charge in [0.1, 0.15) is 5.01 Å². The van der Waals surface area contributed by atoms with Crippen molar-refractivity contribution in [1.82, 2.24) is 14.8 Å². The highest BCUT2D eigenvalue weighted by molar-refractivity contribution is 7.14. The van der Waals surface area contributed by atoms with Gasteiger partial charge < -0.3 is 5.11 Å². The van der Waals surface area contributed by atoms with Gasteiger partial charge in [-0.05, 0) is 11.4 Å². The van der Waals surface area contributed by atoms with Crippen molar-refractivity contribution in [2.75, 3.05) is 32.7 Å². The number of aliphatic carboxylic acids is 1. The first-order chi connectivity index (χ1) is 10.2. The average Bonchev–Trinajstić information content (AvgIpc) is 3.11. The number of hydrogen-bond acceptors (Lipinski definition) is 6. The zero-order valence-corrected chi connectivity index (χ0v) is 13.2. The van der Waals surface area contributed by atoms with Crippen LogP contribution in [0.1, 0.15) is 5.69 Å². The summed E-state index contributed by atoms with van der Waals surface area (Å²) in [6, 6.07) is 2.10. The van der Waals surface area contributed by atoms with Crippen LogP contribution in [0.25, 0.3) is 10.6 Å². The summed E-state index contributed by atoms with van der Waals surface area (Å²) in [5.74, 6) is -0.747. The molecule has 0 spiro atoms. The smallest absolute Gasteiger partial charge is 0.317 e. The Bertz CT molecular complexity index is 589. The third kappa shape index (κ3) is 3.88. The van der Waals surface area contributed by atoms with Crippen LogP contribution in [0.5, 0.6) is 0 Å². The van der Waals surface area contributed by atoms with Crippen molar-refractivity contribution in [1.29, 1.82) is 0 Å². The zero-order chi connectivity index (χ0) is 14.7. The Balaban J connectivity index is 1.53. The normalized spacial score (nSPS) is 17.1. The maximum atomic E-state index is 10.7. The lowest BCUT2D eigenvalue weighted by Crippen LogP contribution is -2.47. The molecule has 1 aliphatic rings. The first-order valence-electron chi connectivity index (χ1n) is 6.84. The van der Waals surface area contributed by atoms with Gasteiger partial charge in [0.15, 0.2) is 0 Å². The summed E-state index contributed by atoms with van der Waals surface area (Å²) in [4.78, 5) is 19.7. The molecule has 2 aromatic heterocycles. The van der Waals surface area contributed by atoms with Gasteiger partial charge in [0.2, 0.25) is 0 Å². The molecule has 3 heterocycles. The minimum Gasteiger partial charge on any atom is -0.480 e. The number of hydrogen-bond donors (Lipinski definition) is 1. The van der Waals surface area contributed by atoms with E-state index in [9.17, 15) is 4.79 Å². The van der Waals surface area contributed by atoms with Crippen LogP contribution in [0.2, 0.25) is 0 Å². The minimum atomic E-state index is -0.747.